The number of rotatable bonds is 7. The Labute approximate surface area is 246 Å². The van der Waals surface area contributed by atoms with Crippen molar-refractivity contribution < 1.29 is 27.2 Å². The second-order valence-corrected chi connectivity index (χ2v) is 22.3. The number of carbonyl (C=O) groups is 1. The standard InChI is InChI=1S/C29H50N2O8Si2/c1-18(2)40(19(3)4)35-17-24-23(38-41(39-40,20(5)6)21(7)8)15-25(36-24)31-16-22(27(33)30(12)28(31)34)13-14-26(32)37-29(9,10)11/h13-14,16,18-21,23-25H,15,17H2,1-12H3/b14-13+/t23-,24+,25+/m0/s1. The minimum Gasteiger partial charge on any atom is -0.457 e. The maximum absolute atomic E-state index is 13.3. The highest BCUT2D eigenvalue weighted by molar-refractivity contribution is 6.83. The Balaban J connectivity index is 2.02. The van der Waals surface area contributed by atoms with Gasteiger partial charge in [-0.05, 0) is 49.0 Å². The maximum Gasteiger partial charge on any atom is 0.335 e. The summed E-state index contributed by atoms with van der Waals surface area (Å²) in [5, 5.41) is 0. The molecule has 232 valence electrons. The Morgan fingerprint density at radius 3 is 2.05 bits per heavy atom. The predicted molar refractivity (Wildman–Crippen MR) is 163 cm³/mol. The second kappa shape index (κ2) is 12.4. The van der Waals surface area contributed by atoms with Crippen LogP contribution in [-0.2, 0) is 34.3 Å². The lowest BCUT2D eigenvalue weighted by molar-refractivity contribution is -0.148. The van der Waals surface area contributed by atoms with Crippen molar-refractivity contribution in [3.63, 3.8) is 0 Å². The first-order valence-electron chi connectivity index (χ1n) is 14.7. The number of nitrogens with zero attached hydrogens (tertiary/aromatic N) is 2. The number of esters is 1. The van der Waals surface area contributed by atoms with Gasteiger partial charge in [0.25, 0.3) is 5.56 Å². The Bertz CT molecular complexity index is 1230. The summed E-state index contributed by atoms with van der Waals surface area (Å²) in [6, 6.07) is 0. The van der Waals surface area contributed by atoms with Crippen LogP contribution in [-0.4, -0.2) is 56.6 Å². The molecule has 0 N–H and O–H groups in total. The van der Waals surface area contributed by atoms with Gasteiger partial charge in [-0.25, -0.2) is 9.59 Å². The lowest BCUT2D eigenvalue weighted by atomic mass is 10.2. The molecular weight excluding hydrogens is 560 g/mol. The quantitative estimate of drug-likeness (QED) is 0.237. The van der Waals surface area contributed by atoms with Gasteiger partial charge in [0.2, 0.25) is 0 Å². The fourth-order valence-electron chi connectivity index (χ4n) is 5.84. The molecule has 3 heterocycles. The SMILES string of the molecule is CC(C)[Si]1(C(C)C)OC[C@H]2O[C@@H](n3cc(/C=C/C(=O)OC(C)(C)C)c(=O)n(C)c3=O)C[C@@H]2O[Si](C(C)C)(C(C)C)O1. The van der Waals surface area contributed by atoms with Gasteiger partial charge in [-0.2, -0.15) is 0 Å². The summed E-state index contributed by atoms with van der Waals surface area (Å²) in [5.74, 6) is -0.579. The van der Waals surface area contributed by atoms with Gasteiger partial charge >= 0.3 is 28.8 Å². The fourth-order valence-corrected chi connectivity index (χ4v) is 17.1. The molecule has 2 aliphatic rings. The first kappa shape index (κ1) is 33.7. The van der Waals surface area contributed by atoms with Gasteiger partial charge in [-0.3, -0.25) is 13.9 Å². The molecule has 1 aromatic rings. The van der Waals surface area contributed by atoms with E-state index in [4.69, 9.17) is 22.4 Å². The zero-order valence-electron chi connectivity index (χ0n) is 26.8. The molecule has 1 aromatic heterocycles. The molecule has 10 nitrogen and oxygen atoms in total. The van der Waals surface area contributed by atoms with Gasteiger partial charge in [0.1, 0.15) is 17.9 Å². The third kappa shape index (κ3) is 6.88. The molecule has 0 aromatic carbocycles. The van der Waals surface area contributed by atoms with E-state index in [1.165, 1.54) is 30.0 Å². The summed E-state index contributed by atoms with van der Waals surface area (Å²) in [7, 11) is -4.15. The van der Waals surface area contributed by atoms with Crippen molar-refractivity contribution in [1.29, 1.82) is 0 Å². The highest BCUT2D eigenvalue weighted by atomic mass is 28.5. The lowest BCUT2D eigenvalue weighted by Crippen LogP contribution is -2.65. The molecular formula is C29H50N2O8Si2. The molecule has 0 unspecified atom stereocenters. The number of fused-ring (bicyclic) bond motifs is 1. The van der Waals surface area contributed by atoms with Crippen molar-refractivity contribution in [2.24, 2.45) is 7.05 Å². The molecule has 2 saturated heterocycles. The van der Waals surface area contributed by atoms with E-state index in [1.807, 2.05) is 0 Å². The number of ether oxygens (including phenoxy) is 2. The Morgan fingerprint density at radius 2 is 1.54 bits per heavy atom. The Hall–Kier alpha value is -1.84. The normalized spacial score (nSPS) is 24.7. The van der Waals surface area contributed by atoms with E-state index in [2.05, 4.69) is 55.4 Å². The van der Waals surface area contributed by atoms with E-state index in [1.54, 1.807) is 20.8 Å². The van der Waals surface area contributed by atoms with E-state index >= 15 is 0 Å². The first-order chi connectivity index (χ1) is 18.8. The van der Waals surface area contributed by atoms with E-state index in [-0.39, 0.29) is 33.8 Å². The second-order valence-electron chi connectivity index (χ2n) is 13.5. The van der Waals surface area contributed by atoms with Gasteiger partial charge in [-0.1, -0.05) is 55.4 Å². The molecule has 0 saturated carbocycles. The number of aromatic nitrogens is 2. The van der Waals surface area contributed by atoms with Crippen molar-refractivity contribution >= 4 is 29.2 Å². The molecule has 41 heavy (non-hydrogen) atoms. The van der Waals surface area contributed by atoms with Crippen molar-refractivity contribution in [1.82, 2.24) is 9.13 Å². The third-order valence-corrected chi connectivity index (χ3v) is 18.3. The zero-order chi connectivity index (χ0) is 31.1. The van der Waals surface area contributed by atoms with Crippen LogP contribution in [0.2, 0.25) is 22.2 Å². The van der Waals surface area contributed by atoms with E-state index < -0.39 is 52.3 Å². The summed E-state index contributed by atoms with van der Waals surface area (Å²) in [4.78, 5) is 38.4. The summed E-state index contributed by atoms with van der Waals surface area (Å²) >= 11 is 0. The van der Waals surface area contributed by atoms with Gasteiger partial charge in [0, 0.05) is 25.7 Å². The topological polar surface area (TPSA) is 107 Å². The number of hydrogen-bond donors (Lipinski definition) is 0. The molecule has 3 atom stereocenters. The minimum atomic E-state index is -2.84. The molecule has 2 fully saturated rings. The monoisotopic (exact) mass is 610 g/mol. The fraction of sp³-hybridized carbons (Fsp3) is 0.759. The molecule has 0 aliphatic carbocycles. The van der Waals surface area contributed by atoms with E-state index in [9.17, 15) is 14.4 Å². The molecule has 0 amide bonds. The van der Waals surface area contributed by atoms with Gasteiger partial charge < -0.3 is 22.4 Å². The van der Waals surface area contributed by atoms with Crippen LogP contribution in [0.1, 0.15) is 94.4 Å². The molecule has 2 aliphatic heterocycles. The summed E-state index contributed by atoms with van der Waals surface area (Å²) in [6.45, 7) is 22.9. The van der Waals surface area contributed by atoms with Crippen LogP contribution < -0.4 is 11.2 Å². The minimum absolute atomic E-state index is 0.165. The third-order valence-electron chi connectivity index (χ3n) is 7.98. The first-order valence-corrected chi connectivity index (χ1v) is 18.7. The van der Waals surface area contributed by atoms with Crippen molar-refractivity contribution in [3.8, 4) is 0 Å². The summed E-state index contributed by atoms with van der Waals surface area (Å²) in [6.07, 6.45) is 3.00. The molecule has 0 spiro atoms. The Morgan fingerprint density at radius 1 is 0.976 bits per heavy atom. The highest BCUT2D eigenvalue weighted by Crippen LogP contribution is 2.48. The average molecular weight is 611 g/mol. The lowest BCUT2D eigenvalue weighted by Gasteiger charge is -2.51. The smallest absolute Gasteiger partial charge is 0.335 e. The van der Waals surface area contributed by atoms with Gasteiger partial charge in [0.15, 0.2) is 0 Å². The predicted octanol–water partition coefficient (Wildman–Crippen LogP) is 5.15. The van der Waals surface area contributed by atoms with Crippen LogP contribution in [0.3, 0.4) is 0 Å². The van der Waals surface area contributed by atoms with Crippen molar-refractivity contribution in [3.05, 3.63) is 38.7 Å². The largest absolute Gasteiger partial charge is 0.457 e. The summed E-state index contributed by atoms with van der Waals surface area (Å²) in [5.41, 5.74) is -0.784. The highest BCUT2D eigenvalue weighted by Gasteiger charge is 2.60. The van der Waals surface area contributed by atoms with E-state index in [0.29, 0.717) is 13.0 Å². The van der Waals surface area contributed by atoms with Gasteiger partial charge in [0.05, 0.1) is 18.3 Å². The maximum atomic E-state index is 13.3. The van der Waals surface area contributed by atoms with E-state index in [0.717, 1.165) is 4.57 Å². The van der Waals surface area contributed by atoms with Gasteiger partial charge in [-0.15, -0.1) is 0 Å². The molecule has 12 heteroatoms. The molecule has 0 bridgehead atoms. The van der Waals surface area contributed by atoms with Crippen molar-refractivity contribution in [2.45, 2.75) is 129 Å². The molecule has 3 rings (SSSR count). The van der Waals surface area contributed by atoms with Crippen LogP contribution in [0, 0.1) is 0 Å². The van der Waals surface area contributed by atoms with Crippen LogP contribution in [0.15, 0.2) is 21.9 Å². The summed E-state index contributed by atoms with van der Waals surface area (Å²) < 4.78 is 35.3. The van der Waals surface area contributed by atoms with Crippen LogP contribution in [0.4, 0.5) is 0 Å². The van der Waals surface area contributed by atoms with Crippen molar-refractivity contribution in [2.75, 3.05) is 6.61 Å². The van der Waals surface area contributed by atoms with Crippen LogP contribution in [0.5, 0.6) is 0 Å². The zero-order valence-corrected chi connectivity index (χ0v) is 28.8. The van der Waals surface area contributed by atoms with Crippen LogP contribution in [0.25, 0.3) is 6.08 Å². The van der Waals surface area contributed by atoms with Crippen LogP contribution >= 0.6 is 0 Å². The number of carbonyl (C=O) groups excluding carboxylic acids is 1. The Kier molecular flexibility index (Phi) is 10.2. The molecule has 0 radical (unpaired) electrons. The average Bonchev–Trinajstić information content (AvgIpc) is 3.22. The number of hydrogen-bond acceptors (Lipinski definition) is 8.